The van der Waals surface area contributed by atoms with Crippen LogP contribution in [0.5, 0.6) is 0 Å². The molecule has 2 heterocycles. The van der Waals surface area contributed by atoms with Gasteiger partial charge < -0.3 is 5.32 Å². The highest BCUT2D eigenvalue weighted by atomic mass is 32.2. The van der Waals surface area contributed by atoms with E-state index in [0.29, 0.717) is 5.92 Å². The van der Waals surface area contributed by atoms with Crippen LogP contribution < -0.4 is 5.32 Å². The largest absolute Gasteiger partial charge is 0.342 e. The molecule has 0 fully saturated rings. The van der Waals surface area contributed by atoms with E-state index in [1.54, 1.807) is 11.1 Å². The molecule has 1 atom stereocenters. The summed E-state index contributed by atoms with van der Waals surface area (Å²) >= 11 is 1.96. The van der Waals surface area contributed by atoms with Crippen molar-refractivity contribution in [3.63, 3.8) is 0 Å². The van der Waals surface area contributed by atoms with E-state index in [1.807, 2.05) is 11.8 Å². The molecule has 90 valence electrons. The van der Waals surface area contributed by atoms with Crippen molar-refractivity contribution >= 4 is 11.8 Å². The van der Waals surface area contributed by atoms with Crippen molar-refractivity contribution in [3.05, 3.63) is 59.2 Å². The van der Waals surface area contributed by atoms with E-state index in [9.17, 15) is 0 Å². The van der Waals surface area contributed by atoms with Crippen molar-refractivity contribution in [3.8, 4) is 0 Å². The zero-order chi connectivity index (χ0) is 11.9. The maximum Gasteiger partial charge on any atom is 0.102 e. The topological polar surface area (TPSA) is 16.6 Å². The SMILES string of the molecule is c1ccc2c(c1)C[C@H]1C[NH2+]Cc3cccc(c31)S2. The molecule has 0 spiro atoms. The smallest absolute Gasteiger partial charge is 0.102 e. The van der Waals surface area contributed by atoms with E-state index < -0.39 is 0 Å². The molecular weight excluding hydrogens is 238 g/mol. The van der Waals surface area contributed by atoms with Gasteiger partial charge in [0.15, 0.2) is 0 Å². The van der Waals surface area contributed by atoms with Gasteiger partial charge in [-0.15, -0.1) is 0 Å². The van der Waals surface area contributed by atoms with Crippen LogP contribution in [0.4, 0.5) is 0 Å². The van der Waals surface area contributed by atoms with Gasteiger partial charge in [-0.2, -0.15) is 0 Å². The maximum atomic E-state index is 2.45. The van der Waals surface area contributed by atoms with Gasteiger partial charge >= 0.3 is 0 Å². The molecule has 0 unspecified atom stereocenters. The number of rotatable bonds is 0. The van der Waals surface area contributed by atoms with Gasteiger partial charge in [0.25, 0.3) is 0 Å². The molecule has 2 aliphatic heterocycles. The third kappa shape index (κ3) is 1.60. The zero-order valence-electron chi connectivity index (χ0n) is 10.2. The van der Waals surface area contributed by atoms with Crippen LogP contribution in [0.25, 0.3) is 0 Å². The van der Waals surface area contributed by atoms with Gasteiger partial charge in [0.05, 0.1) is 6.54 Å². The Bertz CT molecular complexity index is 606. The van der Waals surface area contributed by atoms with Crippen LogP contribution >= 0.6 is 11.8 Å². The summed E-state index contributed by atoms with van der Waals surface area (Å²) in [6, 6.07) is 15.7. The molecule has 0 saturated carbocycles. The second kappa shape index (κ2) is 4.15. The summed E-state index contributed by atoms with van der Waals surface area (Å²) in [5.74, 6) is 0.695. The molecule has 0 saturated heterocycles. The lowest BCUT2D eigenvalue weighted by Gasteiger charge is -2.24. The van der Waals surface area contributed by atoms with Gasteiger partial charge in [-0.1, -0.05) is 42.1 Å². The van der Waals surface area contributed by atoms with Gasteiger partial charge in [0.1, 0.15) is 6.54 Å². The second-order valence-corrected chi connectivity index (χ2v) is 6.25. The number of fused-ring (bicyclic) bond motifs is 1. The van der Waals surface area contributed by atoms with Crippen LogP contribution in [-0.2, 0) is 13.0 Å². The summed E-state index contributed by atoms with van der Waals surface area (Å²) < 4.78 is 0. The highest BCUT2D eigenvalue weighted by molar-refractivity contribution is 7.99. The van der Waals surface area contributed by atoms with Crippen molar-refractivity contribution in [2.75, 3.05) is 6.54 Å². The van der Waals surface area contributed by atoms with Crippen molar-refractivity contribution in [2.45, 2.75) is 28.7 Å². The Hall–Kier alpha value is -1.25. The minimum Gasteiger partial charge on any atom is -0.342 e. The third-order valence-electron chi connectivity index (χ3n) is 4.04. The van der Waals surface area contributed by atoms with E-state index in [0.717, 1.165) is 6.54 Å². The molecule has 18 heavy (non-hydrogen) atoms. The Morgan fingerprint density at radius 1 is 0.944 bits per heavy atom. The van der Waals surface area contributed by atoms with Gasteiger partial charge in [-0.25, -0.2) is 0 Å². The molecule has 0 amide bonds. The summed E-state index contributed by atoms with van der Waals surface area (Å²) in [4.78, 5) is 2.93. The fraction of sp³-hybridized carbons (Fsp3) is 0.250. The number of nitrogens with two attached hydrogens (primary N) is 1. The molecule has 1 nitrogen and oxygen atoms in total. The normalized spacial score (nSPS) is 20.8. The van der Waals surface area contributed by atoms with E-state index in [1.165, 1.54) is 28.3 Å². The Balaban J connectivity index is 1.92. The van der Waals surface area contributed by atoms with Crippen molar-refractivity contribution in [1.29, 1.82) is 0 Å². The second-order valence-electron chi connectivity index (χ2n) is 5.17. The number of hydrogen-bond donors (Lipinski definition) is 1. The molecule has 2 aromatic rings. The molecular formula is C16H16NS+. The van der Waals surface area contributed by atoms with Crippen LogP contribution in [0.15, 0.2) is 52.3 Å². The monoisotopic (exact) mass is 254 g/mol. The highest BCUT2D eigenvalue weighted by Gasteiger charge is 2.29. The van der Waals surface area contributed by atoms with Crippen LogP contribution in [0.3, 0.4) is 0 Å². The fourth-order valence-corrected chi connectivity index (χ4v) is 4.44. The van der Waals surface area contributed by atoms with Crippen molar-refractivity contribution in [2.24, 2.45) is 0 Å². The van der Waals surface area contributed by atoms with Gasteiger partial charge in [0, 0.05) is 21.3 Å². The van der Waals surface area contributed by atoms with Gasteiger partial charge in [-0.05, 0) is 29.7 Å². The standard InChI is InChI=1S/C16H15NS/c1-2-6-14-11(4-1)8-13-10-17-9-12-5-3-7-15(18-14)16(12)13/h1-7,13,17H,8-10H2/p+1/t13-/m0/s1. The van der Waals surface area contributed by atoms with Crippen molar-refractivity contribution < 1.29 is 5.32 Å². The molecule has 2 N–H and O–H groups in total. The molecule has 0 aromatic heterocycles. The summed E-state index contributed by atoms with van der Waals surface area (Å²) in [5, 5.41) is 2.45. The first-order chi connectivity index (χ1) is 8.92. The number of hydrogen-bond acceptors (Lipinski definition) is 1. The Morgan fingerprint density at radius 2 is 1.78 bits per heavy atom. The highest BCUT2D eigenvalue weighted by Crippen LogP contribution is 2.42. The zero-order valence-corrected chi connectivity index (χ0v) is 11.0. The van der Waals surface area contributed by atoms with Crippen LogP contribution in [0.2, 0.25) is 0 Å². The lowest BCUT2D eigenvalue weighted by atomic mass is 9.86. The minimum atomic E-state index is 0.695. The average Bonchev–Trinajstić information content (AvgIpc) is 2.57. The quantitative estimate of drug-likeness (QED) is 0.764. The maximum absolute atomic E-state index is 2.45. The molecule has 0 bridgehead atoms. The number of quaternary nitrogens is 1. The Kier molecular flexibility index (Phi) is 2.45. The first-order valence-corrected chi connectivity index (χ1v) is 7.42. The van der Waals surface area contributed by atoms with Gasteiger partial charge in [-0.3, -0.25) is 0 Å². The van der Waals surface area contributed by atoms with Crippen LogP contribution in [0, 0.1) is 0 Å². The first kappa shape index (κ1) is 10.7. The minimum absolute atomic E-state index is 0.695. The predicted octanol–water partition coefficient (Wildman–Crippen LogP) is 2.55. The molecule has 2 aromatic carbocycles. The fourth-order valence-electron chi connectivity index (χ4n) is 3.22. The summed E-state index contributed by atoms with van der Waals surface area (Å²) in [6.45, 7) is 2.38. The van der Waals surface area contributed by atoms with Crippen LogP contribution in [-0.4, -0.2) is 6.54 Å². The summed E-state index contributed by atoms with van der Waals surface area (Å²) in [6.07, 6.45) is 1.20. The average molecular weight is 254 g/mol. The van der Waals surface area contributed by atoms with E-state index >= 15 is 0 Å². The van der Waals surface area contributed by atoms with Gasteiger partial charge in [0.2, 0.25) is 0 Å². The summed E-state index contributed by atoms with van der Waals surface area (Å²) in [5.41, 5.74) is 4.69. The predicted molar refractivity (Wildman–Crippen MR) is 73.9 cm³/mol. The molecule has 0 radical (unpaired) electrons. The molecule has 4 rings (SSSR count). The van der Waals surface area contributed by atoms with E-state index in [-0.39, 0.29) is 0 Å². The van der Waals surface area contributed by atoms with E-state index in [2.05, 4.69) is 47.8 Å². The third-order valence-corrected chi connectivity index (χ3v) is 5.23. The lowest BCUT2D eigenvalue weighted by Crippen LogP contribution is -2.85. The molecule has 2 aliphatic rings. The lowest BCUT2D eigenvalue weighted by molar-refractivity contribution is -0.676. The Morgan fingerprint density at radius 3 is 2.78 bits per heavy atom. The Labute approximate surface area is 112 Å². The number of benzene rings is 2. The van der Waals surface area contributed by atoms with Crippen molar-refractivity contribution in [1.82, 2.24) is 0 Å². The summed E-state index contributed by atoms with van der Waals surface area (Å²) in [7, 11) is 0. The molecule has 0 aliphatic carbocycles. The first-order valence-electron chi connectivity index (χ1n) is 6.61. The van der Waals surface area contributed by atoms with Crippen LogP contribution in [0.1, 0.15) is 22.6 Å². The molecule has 2 heteroatoms. The van der Waals surface area contributed by atoms with E-state index in [4.69, 9.17) is 0 Å².